The summed E-state index contributed by atoms with van der Waals surface area (Å²) >= 11 is 0. The molecular formula is C14H21NO2. The normalized spacial score (nSPS) is 18.6. The molecule has 0 heterocycles. The highest BCUT2D eigenvalue weighted by atomic mass is 16.5. The van der Waals surface area contributed by atoms with Crippen molar-refractivity contribution in [3.63, 3.8) is 0 Å². The van der Waals surface area contributed by atoms with Gasteiger partial charge >= 0.3 is 0 Å². The second-order valence-corrected chi connectivity index (χ2v) is 4.91. The fraction of sp³-hybridized carbons (Fsp3) is 0.571. The van der Waals surface area contributed by atoms with Crippen LogP contribution in [0.15, 0.2) is 12.1 Å². The van der Waals surface area contributed by atoms with E-state index in [1.165, 1.54) is 5.56 Å². The summed E-state index contributed by atoms with van der Waals surface area (Å²) in [6, 6.07) is 4.07. The number of hydrogen-bond acceptors (Lipinski definition) is 3. The Labute approximate surface area is 103 Å². The second-order valence-electron chi connectivity index (χ2n) is 4.91. The topological polar surface area (TPSA) is 44.5 Å². The molecule has 94 valence electrons. The van der Waals surface area contributed by atoms with E-state index in [0.717, 1.165) is 29.9 Å². The zero-order chi connectivity index (χ0) is 12.6. The molecule has 3 nitrogen and oxygen atoms in total. The molecular weight excluding hydrogens is 214 g/mol. The van der Waals surface area contributed by atoms with Crippen LogP contribution in [0.4, 0.5) is 0 Å². The zero-order valence-electron chi connectivity index (χ0n) is 11.0. The molecule has 0 aliphatic heterocycles. The Morgan fingerprint density at radius 3 is 2.12 bits per heavy atom. The van der Waals surface area contributed by atoms with Gasteiger partial charge in [0.1, 0.15) is 11.5 Å². The summed E-state index contributed by atoms with van der Waals surface area (Å²) in [5, 5.41) is 0. The van der Waals surface area contributed by atoms with E-state index in [0.29, 0.717) is 0 Å². The molecule has 1 aliphatic carbocycles. The summed E-state index contributed by atoms with van der Waals surface area (Å²) < 4.78 is 10.9. The Kier molecular flexibility index (Phi) is 3.04. The maximum absolute atomic E-state index is 6.15. The van der Waals surface area contributed by atoms with E-state index in [2.05, 4.69) is 13.8 Å². The molecule has 0 saturated heterocycles. The minimum atomic E-state index is 0.0873. The van der Waals surface area contributed by atoms with Gasteiger partial charge in [-0.2, -0.15) is 0 Å². The third kappa shape index (κ3) is 1.78. The van der Waals surface area contributed by atoms with E-state index in [9.17, 15) is 0 Å². The summed E-state index contributed by atoms with van der Waals surface area (Å²) in [4.78, 5) is 0. The van der Waals surface area contributed by atoms with E-state index in [4.69, 9.17) is 15.2 Å². The standard InChI is InChI=1S/C14H21NO2/c1-9-11(16-3)5-6-12(17-4)13(9)14(7-8-14)10(2)15/h5-6,10H,7-8,15H2,1-4H3. The van der Waals surface area contributed by atoms with Crippen LogP contribution in [-0.4, -0.2) is 20.3 Å². The van der Waals surface area contributed by atoms with Gasteiger partial charge in [-0.15, -0.1) is 0 Å². The summed E-state index contributed by atoms with van der Waals surface area (Å²) in [6.45, 7) is 4.16. The SMILES string of the molecule is COc1ccc(OC)c(C2(C(C)N)CC2)c1C. The number of benzene rings is 1. The van der Waals surface area contributed by atoms with Gasteiger partial charge in [-0.05, 0) is 44.4 Å². The lowest BCUT2D eigenvalue weighted by Crippen LogP contribution is -2.32. The monoisotopic (exact) mass is 235 g/mol. The van der Waals surface area contributed by atoms with Gasteiger partial charge in [-0.3, -0.25) is 0 Å². The molecule has 1 saturated carbocycles. The molecule has 2 N–H and O–H groups in total. The van der Waals surface area contributed by atoms with Gasteiger partial charge in [-0.1, -0.05) is 0 Å². The lowest BCUT2D eigenvalue weighted by Gasteiger charge is -2.25. The third-order valence-electron chi connectivity index (χ3n) is 3.98. The molecule has 0 aromatic heterocycles. The van der Waals surface area contributed by atoms with E-state index in [1.807, 2.05) is 12.1 Å². The van der Waals surface area contributed by atoms with Gasteiger partial charge in [0.25, 0.3) is 0 Å². The van der Waals surface area contributed by atoms with Crippen LogP contribution >= 0.6 is 0 Å². The van der Waals surface area contributed by atoms with Crippen molar-refractivity contribution in [3.05, 3.63) is 23.3 Å². The van der Waals surface area contributed by atoms with Crippen LogP contribution in [-0.2, 0) is 5.41 Å². The molecule has 1 aliphatic rings. The van der Waals surface area contributed by atoms with Crippen LogP contribution < -0.4 is 15.2 Å². The van der Waals surface area contributed by atoms with Crippen molar-refractivity contribution in [2.24, 2.45) is 5.73 Å². The Hall–Kier alpha value is -1.22. The summed E-state index contributed by atoms with van der Waals surface area (Å²) in [5.74, 6) is 1.84. The number of ether oxygens (including phenoxy) is 2. The molecule has 1 atom stereocenters. The Balaban J connectivity index is 2.58. The highest BCUT2D eigenvalue weighted by molar-refractivity contribution is 5.54. The number of rotatable bonds is 4. The van der Waals surface area contributed by atoms with Gasteiger partial charge in [0.05, 0.1) is 14.2 Å². The molecule has 2 rings (SSSR count). The average Bonchev–Trinajstić information content (AvgIpc) is 3.09. The Bertz CT molecular complexity index is 422. The molecule has 17 heavy (non-hydrogen) atoms. The Morgan fingerprint density at radius 1 is 1.18 bits per heavy atom. The van der Waals surface area contributed by atoms with Crippen molar-refractivity contribution < 1.29 is 9.47 Å². The van der Waals surface area contributed by atoms with Crippen molar-refractivity contribution >= 4 is 0 Å². The smallest absolute Gasteiger partial charge is 0.123 e. The van der Waals surface area contributed by atoms with E-state index in [1.54, 1.807) is 14.2 Å². The quantitative estimate of drug-likeness (QED) is 0.871. The van der Waals surface area contributed by atoms with Crippen LogP contribution in [0.25, 0.3) is 0 Å². The van der Waals surface area contributed by atoms with Gasteiger partial charge < -0.3 is 15.2 Å². The van der Waals surface area contributed by atoms with Gasteiger partial charge in [0.2, 0.25) is 0 Å². The highest BCUT2D eigenvalue weighted by Gasteiger charge is 2.50. The number of hydrogen-bond donors (Lipinski definition) is 1. The number of nitrogens with two attached hydrogens (primary N) is 1. The lowest BCUT2D eigenvalue weighted by molar-refractivity contribution is 0.386. The first-order valence-electron chi connectivity index (χ1n) is 6.04. The van der Waals surface area contributed by atoms with Crippen molar-refractivity contribution in [2.45, 2.75) is 38.1 Å². The van der Waals surface area contributed by atoms with Crippen LogP contribution in [0.2, 0.25) is 0 Å². The maximum Gasteiger partial charge on any atom is 0.123 e. The molecule has 0 bridgehead atoms. The largest absolute Gasteiger partial charge is 0.496 e. The molecule has 0 amide bonds. The summed E-state index contributed by atoms with van der Waals surface area (Å²) in [5.41, 5.74) is 8.62. The molecule has 1 aromatic carbocycles. The van der Waals surface area contributed by atoms with Crippen molar-refractivity contribution in [1.29, 1.82) is 0 Å². The first-order valence-corrected chi connectivity index (χ1v) is 6.04. The average molecular weight is 235 g/mol. The van der Waals surface area contributed by atoms with Crippen LogP contribution in [0.1, 0.15) is 30.9 Å². The molecule has 1 unspecified atom stereocenters. The maximum atomic E-state index is 6.15. The van der Waals surface area contributed by atoms with Crippen molar-refractivity contribution in [3.8, 4) is 11.5 Å². The predicted octanol–water partition coefficient (Wildman–Crippen LogP) is 2.39. The van der Waals surface area contributed by atoms with E-state index in [-0.39, 0.29) is 11.5 Å². The zero-order valence-corrected chi connectivity index (χ0v) is 11.0. The minimum absolute atomic E-state index is 0.0873. The van der Waals surface area contributed by atoms with Crippen molar-refractivity contribution in [1.82, 2.24) is 0 Å². The highest BCUT2D eigenvalue weighted by Crippen LogP contribution is 2.55. The van der Waals surface area contributed by atoms with Gasteiger partial charge in [-0.25, -0.2) is 0 Å². The fourth-order valence-electron chi connectivity index (χ4n) is 2.75. The first kappa shape index (κ1) is 12.2. The van der Waals surface area contributed by atoms with Crippen LogP contribution in [0.5, 0.6) is 11.5 Å². The molecule has 0 radical (unpaired) electrons. The van der Waals surface area contributed by atoms with Crippen molar-refractivity contribution in [2.75, 3.05) is 14.2 Å². The predicted molar refractivity (Wildman–Crippen MR) is 68.8 cm³/mol. The third-order valence-corrected chi connectivity index (χ3v) is 3.98. The minimum Gasteiger partial charge on any atom is -0.496 e. The van der Waals surface area contributed by atoms with E-state index >= 15 is 0 Å². The molecule has 0 spiro atoms. The lowest BCUT2D eigenvalue weighted by atomic mass is 9.85. The summed E-state index contributed by atoms with van der Waals surface area (Å²) in [6.07, 6.45) is 2.27. The van der Waals surface area contributed by atoms with Crippen LogP contribution in [0.3, 0.4) is 0 Å². The van der Waals surface area contributed by atoms with Crippen LogP contribution in [0, 0.1) is 6.92 Å². The van der Waals surface area contributed by atoms with Gasteiger partial charge in [0, 0.05) is 17.0 Å². The van der Waals surface area contributed by atoms with E-state index < -0.39 is 0 Å². The van der Waals surface area contributed by atoms with Gasteiger partial charge in [0.15, 0.2) is 0 Å². The molecule has 3 heteroatoms. The second kappa shape index (κ2) is 4.22. The molecule has 1 aromatic rings. The molecule has 1 fully saturated rings. The summed E-state index contributed by atoms with van der Waals surface area (Å²) in [7, 11) is 3.41. The Morgan fingerprint density at radius 2 is 1.71 bits per heavy atom. The number of methoxy groups -OCH3 is 2. The fourth-order valence-corrected chi connectivity index (χ4v) is 2.75. The first-order chi connectivity index (χ1) is 8.06.